The van der Waals surface area contributed by atoms with Crippen LogP contribution in [0.3, 0.4) is 0 Å². The number of aromatic nitrogens is 3. The first-order chi connectivity index (χ1) is 9.65. The molecule has 0 aliphatic rings. The second kappa shape index (κ2) is 5.26. The van der Waals surface area contributed by atoms with Gasteiger partial charge >= 0.3 is 0 Å². The van der Waals surface area contributed by atoms with Crippen LogP contribution in [0.25, 0.3) is 11.0 Å². The van der Waals surface area contributed by atoms with E-state index >= 15 is 0 Å². The van der Waals surface area contributed by atoms with E-state index in [0.717, 1.165) is 14.8 Å². The van der Waals surface area contributed by atoms with Crippen LogP contribution in [0, 0.1) is 14.9 Å². The number of fused-ring (bicyclic) bond motifs is 1. The van der Waals surface area contributed by atoms with Gasteiger partial charge in [-0.1, -0.05) is 11.6 Å². The lowest BCUT2D eigenvalue weighted by atomic mass is 10.3. The Labute approximate surface area is 133 Å². The molecule has 0 atom stereocenters. The molecule has 3 rings (SSSR count). The highest BCUT2D eigenvalue weighted by Crippen LogP contribution is 2.26. The number of anilines is 2. The summed E-state index contributed by atoms with van der Waals surface area (Å²) >= 11 is 8.21. The number of rotatable bonds is 2. The highest BCUT2D eigenvalue weighted by molar-refractivity contribution is 14.1. The number of aromatic amines is 1. The van der Waals surface area contributed by atoms with Gasteiger partial charge in [0.25, 0.3) is 0 Å². The first kappa shape index (κ1) is 13.1. The largest absolute Gasteiger partial charge is 0.337 e. The zero-order chi connectivity index (χ0) is 14.1. The van der Waals surface area contributed by atoms with Crippen LogP contribution in [-0.4, -0.2) is 15.2 Å². The van der Waals surface area contributed by atoms with Crippen molar-refractivity contribution in [2.24, 2.45) is 0 Å². The van der Waals surface area contributed by atoms with Crippen LogP contribution in [-0.2, 0) is 0 Å². The molecule has 2 N–H and O–H groups in total. The van der Waals surface area contributed by atoms with Gasteiger partial charge in [0.05, 0.1) is 5.52 Å². The zero-order valence-electron chi connectivity index (χ0n) is 9.98. The van der Waals surface area contributed by atoms with Crippen LogP contribution in [0.15, 0.2) is 30.3 Å². The van der Waals surface area contributed by atoms with Crippen molar-refractivity contribution >= 4 is 56.7 Å². The van der Waals surface area contributed by atoms with E-state index in [1.54, 1.807) is 18.2 Å². The molecule has 7 heteroatoms. The molecule has 2 heterocycles. The Morgan fingerprint density at radius 2 is 2.15 bits per heavy atom. The number of nitrogens with one attached hydrogen (secondary N) is 2. The lowest BCUT2D eigenvalue weighted by molar-refractivity contribution is 1.12. The van der Waals surface area contributed by atoms with Gasteiger partial charge in [-0.3, -0.25) is 5.10 Å². The third-order valence-corrected chi connectivity index (χ3v) is 3.49. The van der Waals surface area contributed by atoms with Crippen LogP contribution < -0.4 is 5.32 Å². The molecule has 0 bridgehead atoms. The van der Waals surface area contributed by atoms with Crippen molar-refractivity contribution in [1.82, 2.24) is 15.2 Å². The maximum Gasteiger partial charge on any atom is 0.178 e. The van der Waals surface area contributed by atoms with Gasteiger partial charge in [0.1, 0.15) is 17.3 Å². The van der Waals surface area contributed by atoms with E-state index < -0.39 is 0 Å². The molecule has 0 spiro atoms. The fourth-order valence-corrected chi connectivity index (χ4v) is 2.90. The first-order valence-electron chi connectivity index (χ1n) is 5.64. The summed E-state index contributed by atoms with van der Waals surface area (Å²) in [5.74, 6) is 0.565. The maximum absolute atomic E-state index is 8.91. The van der Waals surface area contributed by atoms with E-state index in [1.165, 1.54) is 0 Å². The van der Waals surface area contributed by atoms with Crippen molar-refractivity contribution in [3.05, 3.63) is 44.6 Å². The Bertz CT molecular complexity index is 816. The molecular formula is C13H7ClIN5. The number of hydrogen-bond acceptors (Lipinski definition) is 4. The molecule has 3 aromatic rings. The molecule has 20 heavy (non-hydrogen) atoms. The maximum atomic E-state index is 8.91. The Balaban J connectivity index is 2.04. The monoisotopic (exact) mass is 395 g/mol. The summed E-state index contributed by atoms with van der Waals surface area (Å²) in [5.41, 5.74) is 2.56. The van der Waals surface area contributed by atoms with Gasteiger partial charge in [0.15, 0.2) is 5.82 Å². The standard InChI is InChI=1S/C13H7ClIN5/c14-7-3-8(15)5-10(4-7)18-13-12-11(19-20-13)2-1-9(6-16)17-12/h1-5H,(H2,18,19,20). The van der Waals surface area contributed by atoms with E-state index in [9.17, 15) is 0 Å². The minimum atomic E-state index is 0.350. The number of nitrogens with zero attached hydrogens (tertiary/aromatic N) is 3. The summed E-state index contributed by atoms with van der Waals surface area (Å²) in [7, 11) is 0. The van der Waals surface area contributed by atoms with Crippen molar-refractivity contribution < 1.29 is 0 Å². The average Bonchev–Trinajstić information content (AvgIpc) is 2.80. The predicted molar refractivity (Wildman–Crippen MR) is 86.1 cm³/mol. The van der Waals surface area contributed by atoms with Crippen LogP contribution in [0.4, 0.5) is 11.5 Å². The summed E-state index contributed by atoms with van der Waals surface area (Å²) in [6.07, 6.45) is 0. The molecule has 0 fully saturated rings. The quantitative estimate of drug-likeness (QED) is 0.647. The molecule has 0 aliphatic heterocycles. The fraction of sp³-hybridized carbons (Fsp3) is 0. The fourth-order valence-electron chi connectivity index (χ4n) is 1.81. The van der Waals surface area contributed by atoms with Crippen molar-refractivity contribution in [1.29, 1.82) is 5.26 Å². The summed E-state index contributed by atoms with van der Waals surface area (Å²) in [4.78, 5) is 4.24. The molecule has 0 saturated carbocycles. The lowest BCUT2D eigenvalue weighted by Gasteiger charge is -2.04. The van der Waals surface area contributed by atoms with Crippen LogP contribution >= 0.6 is 34.2 Å². The van der Waals surface area contributed by atoms with Crippen molar-refractivity contribution in [2.75, 3.05) is 5.32 Å². The van der Waals surface area contributed by atoms with Crippen LogP contribution in [0.2, 0.25) is 5.02 Å². The number of hydrogen-bond donors (Lipinski definition) is 2. The molecule has 5 nitrogen and oxygen atoms in total. The molecule has 0 radical (unpaired) electrons. The molecule has 98 valence electrons. The van der Waals surface area contributed by atoms with E-state index in [-0.39, 0.29) is 0 Å². The van der Waals surface area contributed by atoms with Gasteiger partial charge in [-0.2, -0.15) is 10.4 Å². The topological polar surface area (TPSA) is 77.4 Å². The zero-order valence-corrected chi connectivity index (χ0v) is 12.9. The van der Waals surface area contributed by atoms with Crippen LogP contribution in [0.1, 0.15) is 5.69 Å². The van der Waals surface area contributed by atoms with Gasteiger partial charge in [-0.05, 0) is 52.9 Å². The van der Waals surface area contributed by atoms with E-state index in [0.29, 0.717) is 22.1 Å². The molecule has 0 amide bonds. The van der Waals surface area contributed by atoms with Gasteiger partial charge in [-0.15, -0.1) is 0 Å². The number of H-pyrrole nitrogens is 1. The van der Waals surface area contributed by atoms with Crippen molar-refractivity contribution in [2.45, 2.75) is 0 Å². The summed E-state index contributed by atoms with van der Waals surface area (Å²) in [5, 5.41) is 19.7. The Morgan fingerprint density at radius 3 is 2.90 bits per heavy atom. The van der Waals surface area contributed by atoms with Crippen LogP contribution in [0.5, 0.6) is 0 Å². The van der Waals surface area contributed by atoms with Crippen molar-refractivity contribution in [3.63, 3.8) is 0 Å². The highest BCUT2D eigenvalue weighted by atomic mass is 127. The van der Waals surface area contributed by atoms with E-state index in [2.05, 4.69) is 43.1 Å². The molecule has 2 aromatic heterocycles. The van der Waals surface area contributed by atoms with E-state index in [1.807, 2.05) is 18.2 Å². The number of halogens is 2. The average molecular weight is 396 g/mol. The van der Waals surface area contributed by atoms with Gasteiger partial charge in [-0.25, -0.2) is 4.98 Å². The highest BCUT2D eigenvalue weighted by Gasteiger charge is 2.09. The molecular weight excluding hydrogens is 389 g/mol. The Kier molecular flexibility index (Phi) is 3.46. The van der Waals surface area contributed by atoms with Gasteiger partial charge in [0, 0.05) is 14.3 Å². The minimum Gasteiger partial charge on any atom is -0.337 e. The smallest absolute Gasteiger partial charge is 0.178 e. The number of pyridine rings is 1. The number of benzene rings is 1. The van der Waals surface area contributed by atoms with Gasteiger partial charge < -0.3 is 5.32 Å². The number of nitriles is 1. The molecule has 0 unspecified atom stereocenters. The van der Waals surface area contributed by atoms with Gasteiger partial charge in [0.2, 0.25) is 0 Å². The third kappa shape index (κ3) is 2.55. The summed E-state index contributed by atoms with van der Waals surface area (Å²) in [6.45, 7) is 0. The minimum absolute atomic E-state index is 0.350. The van der Waals surface area contributed by atoms with E-state index in [4.69, 9.17) is 16.9 Å². The molecule has 0 saturated heterocycles. The third-order valence-electron chi connectivity index (χ3n) is 2.65. The predicted octanol–water partition coefficient (Wildman–Crippen LogP) is 3.83. The Morgan fingerprint density at radius 1 is 1.30 bits per heavy atom. The Hall–Kier alpha value is -1.85. The van der Waals surface area contributed by atoms with Crippen molar-refractivity contribution in [3.8, 4) is 6.07 Å². The first-order valence-corrected chi connectivity index (χ1v) is 7.10. The lowest BCUT2D eigenvalue weighted by Crippen LogP contribution is -1.93. The normalized spacial score (nSPS) is 10.4. The molecule has 0 aliphatic carbocycles. The second-order valence-corrected chi connectivity index (χ2v) is 5.74. The second-order valence-electron chi connectivity index (χ2n) is 4.06. The SMILES string of the molecule is N#Cc1ccc2[nH]nc(Nc3cc(Cl)cc(I)c3)c2n1. The molecule has 1 aromatic carbocycles. The summed E-state index contributed by atoms with van der Waals surface area (Å²) in [6, 6.07) is 11.1. The summed E-state index contributed by atoms with van der Waals surface area (Å²) < 4.78 is 1.02.